The van der Waals surface area contributed by atoms with Gasteiger partial charge in [-0.05, 0) is 19.3 Å². The summed E-state index contributed by atoms with van der Waals surface area (Å²) in [6.07, 6.45) is 1.48. The molecule has 2 fully saturated rings. The van der Waals surface area contributed by atoms with Crippen LogP contribution in [0.2, 0.25) is 0 Å². The van der Waals surface area contributed by atoms with Crippen molar-refractivity contribution in [2.45, 2.75) is 70.3 Å². The van der Waals surface area contributed by atoms with E-state index >= 15 is 0 Å². The van der Waals surface area contributed by atoms with Crippen LogP contribution in [0, 0.1) is 0 Å². The van der Waals surface area contributed by atoms with Crippen molar-refractivity contribution in [2.24, 2.45) is 0 Å². The normalized spacial score (nSPS) is 22.8. The summed E-state index contributed by atoms with van der Waals surface area (Å²) in [5.41, 5.74) is -0.237. The van der Waals surface area contributed by atoms with Crippen molar-refractivity contribution >= 4 is 17.8 Å². The molecule has 2 aliphatic rings. The van der Waals surface area contributed by atoms with Crippen molar-refractivity contribution in [3.63, 3.8) is 0 Å². The van der Waals surface area contributed by atoms with Crippen LogP contribution >= 0.6 is 0 Å². The Hall–Kier alpha value is -2.19. The Morgan fingerprint density at radius 2 is 1.89 bits per heavy atom. The molecule has 0 spiro atoms. The van der Waals surface area contributed by atoms with Crippen molar-refractivity contribution in [2.75, 3.05) is 25.0 Å². The van der Waals surface area contributed by atoms with Crippen LogP contribution in [0.4, 0.5) is 19.4 Å². The molecule has 156 valence electrons. The van der Waals surface area contributed by atoms with Gasteiger partial charge in [0.2, 0.25) is 5.91 Å². The molecule has 1 N–H and O–H groups in total. The molecule has 0 radical (unpaired) electrons. The summed E-state index contributed by atoms with van der Waals surface area (Å²) in [6.45, 7) is 6.38. The van der Waals surface area contributed by atoms with E-state index in [1.807, 2.05) is 20.8 Å². The SMILES string of the molecule is CC(C)(C)c1cc(NC(=O)C2CCCCN2C(=O)N2CCC(F)(F)CC2)no1. The Kier molecular flexibility index (Phi) is 5.63. The Bertz CT molecular complexity index is 719. The van der Waals surface area contributed by atoms with Crippen molar-refractivity contribution in [1.29, 1.82) is 0 Å². The molecular weight excluding hydrogens is 370 g/mol. The van der Waals surface area contributed by atoms with E-state index < -0.39 is 12.0 Å². The third-order valence-electron chi connectivity index (χ3n) is 5.32. The highest BCUT2D eigenvalue weighted by molar-refractivity contribution is 5.96. The molecule has 2 saturated heterocycles. The molecule has 7 nitrogen and oxygen atoms in total. The van der Waals surface area contributed by atoms with Gasteiger partial charge in [0.25, 0.3) is 5.92 Å². The van der Waals surface area contributed by atoms with Gasteiger partial charge in [0.05, 0.1) is 0 Å². The summed E-state index contributed by atoms with van der Waals surface area (Å²) in [4.78, 5) is 28.6. The van der Waals surface area contributed by atoms with Gasteiger partial charge in [-0.25, -0.2) is 13.6 Å². The molecule has 0 aliphatic carbocycles. The number of anilines is 1. The van der Waals surface area contributed by atoms with Crippen LogP contribution in [0.3, 0.4) is 0 Å². The number of amides is 3. The molecule has 3 amide bonds. The fourth-order valence-corrected chi connectivity index (χ4v) is 3.54. The van der Waals surface area contributed by atoms with Crippen molar-refractivity contribution in [3.05, 3.63) is 11.8 Å². The van der Waals surface area contributed by atoms with Gasteiger partial charge < -0.3 is 19.6 Å². The minimum absolute atomic E-state index is 0.00883. The fourth-order valence-electron chi connectivity index (χ4n) is 3.54. The van der Waals surface area contributed by atoms with Gasteiger partial charge in [0.15, 0.2) is 5.82 Å². The molecule has 28 heavy (non-hydrogen) atoms. The maximum atomic E-state index is 13.4. The average Bonchev–Trinajstić information content (AvgIpc) is 3.10. The lowest BCUT2D eigenvalue weighted by molar-refractivity contribution is -0.121. The molecule has 1 unspecified atom stereocenters. The zero-order valence-corrected chi connectivity index (χ0v) is 16.6. The van der Waals surface area contributed by atoms with Crippen LogP contribution in [0.25, 0.3) is 0 Å². The number of aromatic nitrogens is 1. The first-order valence-electron chi connectivity index (χ1n) is 9.78. The number of carbonyl (C=O) groups is 2. The van der Waals surface area contributed by atoms with Crippen molar-refractivity contribution in [1.82, 2.24) is 15.0 Å². The molecule has 1 aromatic rings. The van der Waals surface area contributed by atoms with Crippen LogP contribution in [0.1, 0.15) is 58.6 Å². The van der Waals surface area contributed by atoms with Crippen LogP contribution in [-0.4, -0.2) is 58.5 Å². The lowest BCUT2D eigenvalue weighted by atomic mass is 9.93. The maximum absolute atomic E-state index is 13.4. The molecule has 0 bridgehead atoms. The Labute approximate surface area is 163 Å². The van der Waals surface area contributed by atoms with E-state index in [0.717, 1.165) is 12.8 Å². The monoisotopic (exact) mass is 398 g/mol. The van der Waals surface area contributed by atoms with Crippen molar-refractivity contribution in [3.8, 4) is 0 Å². The highest BCUT2D eigenvalue weighted by Gasteiger charge is 2.40. The van der Waals surface area contributed by atoms with Gasteiger partial charge in [-0.1, -0.05) is 25.9 Å². The summed E-state index contributed by atoms with van der Waals surface area (Å²) >= 11 is 0. The Morgan fingerprint density at radius 3 is 2.50 bits per heavy atom. The summed E-state index contributed by atoms with van der Waals surface area (Å²) in [5.74, 6) is -2.09. The minimum atomic E-state index is -2.72. The maximum Gasteiger partial charge on any atom is 0.320 e. The number of rotatable bonds is 2. The van der Waals surface area contributed by atoms with E-state index in [1.165, 1.54) is 9.80 Å². The molecule has 3 rings (SSSR count). The van der Waals surface area contributed by atoms with E-state index in [0.29, 0.717) is 24.5 Å². The number of carbonyl (C=O) groups excluding carboxylic acids is 2. The number of urea groups is 1. The van der Waals surface area contributed by atoms with E-state index in [4.69, 9.17) is 4.52 Å². The third-order valence-corrected chi connectivity index (χ3v) is 5.32. The summed E-state index contributed by atoms with van der Waals surface area (Å²) in [7, 11) is 0. The summed E-state index contributed by atoms with van der Waals surface area (Å²) in [5, 5.41) is 6.62. The zero-order chi connectivity index (χ0) is 20.5. The van der Waals surface area contributed by atoms with Gasteiger partial charge >= 0.3 is 6.03 Å². The van der Waals surface area contributed by atoms with Crippen LogP contribution in [0.5, 0.6) is 0 Å². The van der Waals surface area contributed by atoms with Crippen LogP contribution < -0.4 is 5.32 Å². The second-order valence-corrected chi connectivity index (χ2v) is 8.65. The number of alkyl halides is 2. The first-order chi connectivity index (χ1) is 13.1. The minimum Gasteiger partial charge on any atom is -0.359 e. The predicted octanol–water partition coefficient (Wildman–Crippen LogP) is 3.62. The van der Waals surface area contributed by atoms with Gasteiger partial charge in [-0.3, -0.25) is 4.79 Å². The Balaban J connectivity index is 1.66. The van der Waals surface area contributed by atoms with Gasteiger partial charge in [-0.2, -0.15) is 0 Å². The second-order valence-electron chi connectivity index (χ2n) is 8.65. The average molecular weight is 398 g/mol. The number of nitrogens with one attached hydrogen (secondary N) is 1. The van der Waals surface area contributed by atoms with Crippen LogP contribution in [-0.2, 0) is 10.2 Å². The summed E-state index contributed by atoms with van der Waals surface area (Å²) < 4.78 is 32.1. The first kappa shape index (κ1) is 20.5. The Morgan fingerprint density at radius 1 is 1.21 bits per heavy atom. The number of halogens is 2. The van der Waals surface area contributed by atoms with Gasteiger partial charge in [0, 0.05) is 44.0 Å². The molecule has 1 atom stereocenters. The molecule has 0 saturated carbocycles. The zero-order valence-electron chi connectivity index (χ0n) is 16.6. The topological polar surface area (TPSA) is 78.7 Å². The van der Waals surface area contributed by atoms with E-state index in [2.05, 4.69) is 10.5 Å². The lowest BCUT2D eigenvalue weighted by Crippen LogP contribution is -2.56. The molecule has 2 aliphatic heterocycles. The number of hydrogen-bond acceptors (Lipinski definition) is 4. The van der Waals surface area contributed by atoms with E-state index in [-0.39, 0.29) is 43.3 Å². The molecule has 9 heteroatoms. The largest absolute Gasteiger partial charge is 0.359 e. The summed E-state index contributed by atoms with van der Waals surface area (Å²) in [6, 6.07) is 0.698. The number of nitrogens with zero attached hydrogens (tertiary/aromatic N) is 3. The first-order valence-corrected chi connectivity index (χ1v) is 9.78. The van der Waals surface area contributed by atoms with E-state index in [1.54, 1.807) is 6.07 Å². The predicted molar refractivity (Wildman–Crippen MR) is 99.3 cm³/mol. The molecule has 1 aromatic heterocycles. The van der Waals surface area contributed by atoms with E-state index in [9.17, 15) is 18.4 Å². The van der Waals surface area contributed by atoms with Gasteiger partial charge in [0.1, 0.15) is 11.8 Å². The number of likely N-dealkylation sites (tertiary alicyclic amines) is 2. The lowest BCUT2D eigenvalue weighted by Gasteiger charge is -2.40. The standard InChI is InChI=1S/C19H28F2N4O3/c1-18(2,3)14-12-15(23-28-14)22-16(26)13-6-4-5-9-25(13)17(27)24-10-7-19(20,21)8-11-24/h12-13H,4-11H2,1-3H3,(H,22,23,26). The highest BCUT2D eigenvalue weighted by Crippen LogP contribution is 2.30. The molecule has 3 heterocycles. The highest BCUT2D eigenvalue weighted by atomic mass is 19.3. The second kappa shape index (κ2) is 7.67. The van der Waals surface area contributed by atoms with Crippen LogP contribution in [0.15, 0.2) is 10.6 Å². The third kappa shape index (κ3) is 4.62. The van der Waals surface area contributed by atoms with Crippen molar-refractivity contribution < 1.29 is 22.9 Å². The quantitative estimate of drug-likeness (QED) is 0.825. The van der Waals surface area contributed by atoms with Gasteiger partial charge in [-0.15, -0.1) is 0 Å². The fraction of sp³-hybridized carbons (Fsp3) is 0.737. The smallest absolute Gasteiger partial charge is 0.320 e. The molecular formula is C19H28F2N4O3. The number of hydrogen-bond donors (Lipinski definition) is 1. The number of piperidine rings is 2. The molecule has 0 aromatic carbocycles.